The van der Waals surface area contributed by atoms with Crippen molar-refractivity contribution in [3.05, 3.63) is 36.3 Å². The Hall–Kier alpha value is -2.70. The van der Waals surface area contributed by atoms with Crippen LogP contribution in [0.15, 0.2) is 30.7 Å². The zero-order valence-corrected chi connectivity index (χ0v) is 13.4. The van der Waals surface area contributed by atoms with E-state index in [4.69, 9.17) is 5.73 Å². The number of pyridine rings is 1. The number of rotatable bonds is 6. The highest BCUT2D eigenvalue weighted by Gasteiger charge is 2.15. The lowest BCUT2D eigenvalue weighted by Gasteiger charge is -2.19. The molecule has 0 radical (unpaired) electrons. The van der Waals surface area contributed by atoms with Gasteiger partial charge in [0.25, 0.3) is 0 Å². The Bertz CT molecular complexity index is 782. The van der Waals surface area contributed by atoms with Crippen LogP contribution in [0.3, 0.4) is 0 Å². The smallest absolute Gasteiger partial charge is 0.227 e. The molecule has 3 aromatic rings. The van der Waals surface area contributed by atoms with Crippen LogP contribution in [0.4, 0.5) is 11.8 Å². The Labute approximate surface area is 135 Å². The molecule has 1 unspecified atom stereocenters. The molecule has 0 saturated heterocycles. The molecule has 0 amide bonds. The van der Waals surface area contributed by atoms with Gasteiger partial charge in [0.2, 0.25) is 5.95 Å². The van der Waals surface area contributed by atoms with E-state index in [0.717, 1.165) is 35.9 Å². The molecule has 7 heteroatoms. The topological polar surface area (TPSA) is 94.5 Å². The van der Waals surface area contributed by atoms with Crippen molar-refractivity contribution in [2.45, 2.75) is 32.2 Å². The van der Waals surface area contributed by atoms with Gasteiger partial charge >= 0.3 is 0 Å². The lowest BCUT2D eigenvalue weighted by atomic mass is 10.0. The fourth-order valence-corrected chi connectivity index (χ4v) is 2.58. The van der Waals surface area contributed by atoms with Gasteiger partial charge in [0.05, 0.1) is 17.6 Å². The molecule has 3 N–H and O–H groups in total. The highest BCUT2D eigenvalue weighted by molar-refractivity contribution is 5.86. The van der Waals surface area contributed by atoms with Crippen LogP contribution in [0.25, 0.3) is 11.0 Å². The molecule has 0 aliphatic carbocycles. The molecule has 3 rings (SSSR count). The Morgan fingerprint density at radius 1 is 1.30 bits per heavy atom. The van der Waals surface area contributed by atoms with Crippen molar-refractivity contribution >= 4 is 22.8 Å². The summed E-state index contributed by atoms with van der Waals surface area (Å²) in [5.41, 5.74) is 7.87. The number of hydrogen-bond acceptors (Lipinski definition) is 6. The Morgan fingerprint density at radius 3 is 2.91 bits per heavy atom. The standard InChI is InChI=1S/C16H21N7/c1-3-4-7-13(11-6-5-8-18-9-11)20-16-21-14(17)12-10-19-23(2)15(12)22-16/h5-6,8-10,13H,3-4,7H2,1-2H3,(H3,17,20,21,22). The van der Waals surface area contributed by atoms with E-state index in [-0.39, 0.29) is 6.04 Å². The monoisotopic (exact) mass is 311 g/mol. The van der Waals surface area contributed by atoms with Crippen LogP contribution >= 0.6 is 0 Å². The van der Waals surface area contributed by atoms with Gasteiger partial charge in [-0.1, -0.05) is 25.8 Å². The van der Waals surface area contributed by atoms with Gasteiger partial charge in [-0.15, -0.1) is 0 Å². The average Bonchev–Trinajstić information content (AvgIpc) is 2.94. The fraction of sp³-hybridized carbons (Fsp3) is 0.375. The number of nitrogens with one attached hydrogen (secondary N) is 1. The van der Waals surface area contributed by atoms with Gasteiger partial charge in [-0.25, -0.2) is 0 Å². The first-order valence-electron chi connectivity index (χ1n) is 7.80. The van der Waals surface area contributed by atoms with Crippen LogP contribution in [-0.4, -0.2) is 24.7 Å². The molecule has 0 bridgehead atoms. The van der Waals surface area contributed by atoms with E-state index in [9.17, 15) is 0 Å². The number of nitrogen functional groups attached to an aromatic ring is 1. The normalized spacial score (nSPS) is 12.4. The molecule has 7 nitrogen and oxygen atoms in total. The first kappa shape index (κ1) is 15.2. The minimum Gasteiger partial charge on any atom is -0.383 e. The van der Waals surface area contributed by atoms with Gasteiger partial charge in [-0.2, -0.15) is 15.1 Å². The highest BCUT2D eigenvalue weighted by Crippen LogP contribution is 2.25. The zero-order chi connectivity index (χ0) is 16.2. The molecule has 0 aliphatic rings. The molecule has 0 saturated carbocycles. The van der Waals surface area contributed by atoms with Gasteiger partial charge in [-0.3, -0.25) is 9.67 Å². The molecule has 1 atom stereocenters. The third-order valence-corrected chi connectivity index (χ3v) is 3.86. The summed E-state index contributed by atoms with van der Waals surface area (Å²) in [5.74, 6) is 0.953. The summed E-state index contributed by atoms with van der Waals surface area (Å²) in [7, 11) is 1.84. The van der Waals surface area contributed by atoms with Crippen molar-refractivity contribution in [1.29, 1.82) is 0 Å². The van der Waals surface area contributed by atoms with Crippen molar-refractivity contribution in [3.8, 4) is 0 Å². The molecule has 3 heterocycles. The van der Waals surface area contributed by atoms with Crippen LogP contribution in [0.5, 0.6) is 0 Å². The van der Waals surface area contributed by atoms with Gasteiger partial charge in [0.15, 0.2) is 5.65 Å². The molecule has 0 spiro atoms. The van der Waals surface area contributed by atoms with E-state index in [1.165, 1.54) is 0 Å². The molecule has 0 aromatic carbocycles. The third kappa shape index (κ3) is 3.23. The minimum atomic E-state index is 0.105. The van der Waals surface area contributed by atoms with Crippen LogP contribution in [0.2, 0.25) is 0 Å². The summed E-state index contributed by atoms with van der Waals surface area (Å²) < 4.78 is 1.70. The number of unbranched alkanes of at least 4 members (excludes halogenated alkanes) is 1. The van der Waals surface area contributed by atoms with Gasteiger partial charge in [-0.05, 0) is 18.1 Å². The number of aromatic nitrogens is 5. The summed E-state index contributed by atoms with van der Waals surface area (Å²) in [4.78, 5) is 13.1. The van der Waals surface area contributed by atoms with Crippen molar-refractivity contribution in [2.24, 2.45) is 7.05 Å². The molecule has 0 fully saturated rings. The van der Waals surface area contributed by atoms with Gasteiger partial charge in [0, 0.05) is 19.4 Å². The van der Waals surface area contributed by atoms with Crippen LogP contribution < -0.4 is 11.1 Å². The number of fused-ring (bicyclic) bond motifs is 1. The summed E-state index contributed by atoms with van der Waals surface area (Å²) in [5, 5.41) is 8.35. The van der Waals surface area contributed by atoms with E-state index < -0.39 is 0 Å². The van der Waals surface area contributed by atoms with E-state index >= 15 is 0 Å². The number of anilines is 2. The first-order valence-corrected chi connectivity index (χ1v) is 7.80. The largest absolute Gasteiger partial charge is 0.383 e. The van der Waals surface area contributed by atoms with E-state index in [1.807, 2.05) is 19.3 Å². The predicted octanol–water partition coefficient (Wildman–Crippen LogP) is 2.68. The molecule has 3 aromatic heterocycles. The van der Waals surface area contributed by atoms with Crippen molar-refractivity contribution in [1.82, 2.24) is 24.7 Å². The maximum atomic E-state index is 6.03. The highest BCUT2D eigenvalue weighted by atomic mass is 15.3. The maximum Gasteiger partial charge on any atom is 0.227 e. The Morgan fingerprint density at radius 2 is 2.17 bits per heavy atom. The summed E-state index contributed by atoms with van der Waals surface area (Å²) >= 11 is 0. The van der Waals surface area contributed by atoms with Gasteiger partial charge in [0.1, 0.15) is 5.82 Å². The van der Waals surface area contributed by atoms with E-state index in [2.05, 4.69) is 38.4 Å². The van der Waals surface area contributed by atoms with E-state index in [1.54, 1.807) is 17.1 Å². The molecule has 23 heavy (non-hydrogen) atoms. The second-order valence-corrected chi connectivity index (χ2v) is 5.56. The lowest BCUT2D eigenvalue weighted by molar-refractivity contribution is 0.628. The second-order valence-electron chi connectivity index (χ2n) is 5.56. The van der Waals surface area contributed by atoms with Crippen LogP contribution in [0.1, 0.15) is 37.8 Å². The Kier molecular flexibility index (Phi) is 4.36. The van der Waals surface area contributed by atoms with Crippen molar-refractivity contribution < 1.29 is 0 Å². The fourth-order valence-electron chi connectivity index (χ4n) is 2.58. The molecule has 0 aliphatic heterocycles. The van der Waals surface area contributed by atoms with Crippen LogP contribution in [-0.2, 0) is 7.05 Å². The SMILES string of the molecule is CCCCC(Nc1nc(N)c2cnn(C)c2n1)c1cccnc1. The maximum absolute atomic E-state index is 6.03. The number of hydrogen-bond donors (Lipinski definition) is 2. The molecular weight excluding hydrogens is 290 g/mol. The van der Waals surface area contributed by atoms with Gasteiger partial charge < -0.3 is 11.1 Å². The zero-order valence-electron chi connectivity index (χ0n) is 13.4. The Balaban J connectivity index is 1.91. The minimum absolute atomic E-state index is 0.105. The van der Waals surface area contributed by atoms with Crippen molar-refractivity contribution in [2.75, 3.05) is 11.1 Å². The van der Waals surface area contributed by atoms with Crippen LogP contribution in [0, 0.1) is 0 Å². The quantitative estimate of drug-likeness (QED) is 0.727. The predicted molar refractivity (Wildman–Crippen MR) is 90.8 cm³/mol. The summed E-state index contributed by atoms with van der Waals surface area (Å²) in [6, 6.07) is 4.11. The molecule has 120 valence electrons. The van der Waals surface area contributed by atoms with E-state index in [0.29, 0.717) is 11.8 Å². The molecular formula is C16H21N7. The summed E-state index contributed by atoms with van der Waals surface area (Å²) in [6.45, 7) is 2.18. The second kappa shape index (κ2) is 6.60. The number of aryl methyl sites for hydroxylation is 1. The van der Waals surface area contributed by atoms with Crippen molar-refractivity contribution in [3.63, 3.8) is 0 Å². The average molecular weight is 311 g/mol. The first-order chi connectivity index (χ1) is 11.2. The lowest BCUT2D eigenvalue weighted by Crippen LogP contribution is -2.14. The summed E-state index contributed by atoms with van der Waals surface area (Å²) in [6.07, 6.45) is 8.55. The third-order valence-electron chi connectivity index (χ3n) is 3.86. The number of nitrogens with zero attached hydrogens (tertiary/aromatic N) is 5. The number of nitrogens with two attached hydrogens (primary N) is 1.